The topological polar surface area (TPSA) is 94.1 Å². The number of hydrazone groups is 1. The first-order valence-electron chi connectivity index (χ1n) is 12.3. The van der Waals surface area contributed by atoms with Gasteiger partial charge >= 0.3 is 0 Å². The molecule has 0 aliphatic heterocycles. The lowest BCUT2D eigenvalue weighted by molar-refractivity contribution is 0.247. The van der Waals surface area contributed by atoms with E-state index in [1.165, 1.54) is 0 Å². The highest BCUT2D eigenvalue weighted by atomic mass is 16.3. The van der Waals surface area contributed by atoms with Crippen LogP contribution in [0.2, 0.25) is 0 Å². The Bertz CT molecular complexity index is 1790. The lowest BCUT2D eigenvalue weighted by Gasteiger charge is -2.18. The van der Waals surface area contributed by atoms with Gasteiger partial charge in [-0.25, -0.2) is 0 Å². The van der Waals surface area contributed by atoms with Crippen molar-refractivity contribution in [3.8, 4) is 0 Å². The standard InChI is InChI=1S/C31H24N6O.CH4.B/c1-32-33-28-18-19-29(23-11-5-4-10-22(23)28)36-34-26-14-6-13-25-24(26)12-7-15-27(25)35-37-30-17-16-20-8-2-3-9-21(20)31(30)38;;/h2-19,31,35,38H,1H3;1H4;/b33-32?,36-34?,37-30-;;. The molecular weight excluding hydrogens is 495 g/mol. The Kier molecular flexibility index (Phi) is 8.62. The number of rotatable bonds is 5. The highest BCUT2D eigenvalue weighted by molar-refractivity contribution is 6.06. The second-order valence-corrected chi connectivity index (χ2v) is 8.84. The zero-order valence-electron chi connectivity index (χ0n) is 21.2. The van der Waals surface area contributed by atoms with Crippen LogP contribution in [0.1, 0.15) is 24.7 Å². The number of aliphatic hydroxyl groups excluding tert-OH is 1. The van der Waals surface area contributed by atoms with Gasteiger partial charge in [0.05, 0.1) is 28.5 Å². The molecule has 1 unspecified atom stereocenters. The van der Waals surface area contributed by atoms with Crippen molar-refractivity contribution in [1.29, 1.82) is 0 Å². The van der Waals surface area contributed by atoms with Crippen molar-refractivity contribution in [2.24, 2.45) is 25.6 Å². The smallest absolute Gasteiger partial charge is 0.123 e. The minimum atomic E-state index is -0.789. The minimum Gasteiger partial charge on any atom is -0.382 e. The van der Waals surface area contributed by atoms with Crippen molar-refractivity contribution < 1.29 is 5.11 Å². The van der Waals surface area contributed by atoms with E-state index in [9.17, 15) is 5.11 Å². The fourth-order valence-electron chi connectivity index (χ4n) is 4.70. The van der Waals surface area contributed by atoms with Gasteiger partial charge in [0.15, 0.2) is 0 Å². The zero-order valence-corrected chi connectivity index (χ0v) is 21.2. The summed E-state index contributed by atoms with van der Waals surface area (Å²) in [6.45, 7) is 0. The van der Waals surface area contributed by atoms with E-state index in [1.54, 1.807) is 7.05 Å². The number of aliphatic hydroxyl groups is 1. The van der Waals surface area contributed by atoms with Crippen molar-refractivity contribution >= 4 is 64.5 Å². The highest BCUT2D eigenvalue weighted by Gasteiger charge is 2.19. The van der Waals surface area contributed by atoms with Crippen LogP contribution in [0, 0.1) is 0 Å². The molecule has 195 valence electrons. The van der Waals surface area contributed by atoms with Gasteiger partial charge in [0, 0.05) is 37.0 Å². The number of anilines is 1. The molecule has 7 nitrogen and oxygen atoms in total. The monoisotopic (exact) mass is 523 g/mol. The van der Waals surface area contributed by atoms with Crippen LogP contribution >= 0.6 is 0 Å². The van der Waals surface area contributed by atoms with E-state index in [2.05, 4.69) is 31.0 Å². The number of fused-ring (bicyclic) bond motifs is 3. The molecule has 1 aliphatic carbocycles. The third-order valence-electron chi connectivity index (χ3n) is 6.56. The summed E-state index contributed by atoms with van der Waals surface area (Å²) >= 11 is 0. The first-order valence-corrected chi connectivity index (χ1v) is 12.3. The van der Waals surface area contributed by atoms with E-state index in [-0.39, 0.29) is 15.8 Å². The van der Waals surface area contributed by atoms with Gasteiger partial charge < -0.3 is 5.11 Å². The van der Waals surface area contributed by atoms with Crippen LogP contribution < -0.4 is 5.43 Å². The number of hydrogen-bond acceptors (Lipinski definition) is 7. The van der Waals surface area contributed by atoms with Crippen LogP contribution in [0.15, 0.2) is 129 Å². The van der Waals surface area contributed by atoms with Gasteiger partial charge in [-0.05, 0) is 41.5 Å². The first kappa shape index (κ1) is 28.1. The predicted octanol–water partition coefficient (Wildman–Crippen LogP) is 8.91. The Labute approximate surface area is 235 Å². The second kappa shape index (κ2) is 12.3. The van der Waals surface area contributed by atoms with Crippen LogP contribution in [0.25, 0.3) is 27.6 Å². The molecule has 1 atom stereocenters. The largest absolute Gasteiger partial charge is 0.382 e. The lowest BCUT2D eigenvalue weighted by Crippen LogP contribution is -2.15. The number of azo groups is 2. The van der Waals surface area contributed by atoms with Gasteiger partial charge in [0.2, 0.25) is 0 Å². The highest BCUT2D eigenvalue weighted by Crippen LogP contribution is 2.36. The molecule has 2 N–H and O–H groups in total. The van der Waals surface area contributed by atoms with Crippen molar-refractivity contribution in [2.75, 3.05) is 12.5 Å². The Morgan fingerprint density at radius 1 is 0.625 bits per heavy atom. The Morgan fingerprint density at radius 3 is 1.95 bits per heavy atom. The van der Waals surface area contributed by atoms with Crippen LogP contribution in [-0.2, 0) is 0 Å². The summed E-state index contributed by atoms with van der Waals surface area (Å²) in [4.78, 5) is 0. The normalized spacial score (nSPS) is 15.3. The number of nitrogens with one attached hydrogen (secondary N) is 1. The summed E-state index contributed by atoms with van der Waals surface area (Å²) in [5.41, 5.74) is 8.64. The van der Waals surface area contributed by atoms with Gasteiger partial charge in [-0.2, -0.15) is 15.3 Å². The third kappa shape index (κ3) is 5.30. The van der Waals surface area contributed by atoms with Gasteiger partial charge in [-0.3, -0.25) is 5.43 Å². The van der Waals surface area contributed by atoms with E-state index in [0.717, 1.165) is 55.4 Å². The molecule has 5 aromatic rings. The summed E-state index contributed by atoms with van der Waals surface area (Å²) < 4.78 is 0. The SMILES string of the molecule is C.CN=Nc1ccc(N=Nc2cccc3c(N/N=C4/C=Cc5ccccc5C4O)cccc23)c2ccccc12.[B]. The van der Waals surface area contributed by atoms with E-state index in [4.69, 9.17) is 0 Å². The average Bonchev–Trinajstić information content (AvgIpc) is 2.96. The Balaban J connectivity index is 0.00000185. The van der Waals surface area contributed by atoms with Crippen molar-refractivity contribution in [1.82, 2.24) is 0 Å². The minimum absolute atomic E-state index is 0. The molecule has 0 heterocycles. The van der Waals surface area contributed by atoms with E-state index in [1.807, 2.05) is 109 Å². The maximum atomic E-state index is 10.8. The average molecular weight is 523 g/mol. The molecule has 0 saturated heterocycles. The summed E-state index contributed by atoms with van der Waals surface area (Å²) in [7, 11) is 1.66. The van der Waals surface area contributed by atoms with Crippen molar-refractivity contribution in [3.05, 3.63) is 114 Å². The Morgan fingerprint density at radius 2 is 1.20 bits per heavy atom. The third-order valence-corrected chi connectivity index (χ3v) is 6.56. The molecule has 0 spiro atoms. The second-order valence-electron chi connectivity index (χ2n) is 8.84. The van der Waals surface area contributed by atoms with E-state index >= 15 is 0 Å². The fraction of sp³-hybridized carbons (Fsp3) is 0.0938. The fourth-order valence-corrected chi connectivity index (χ4v) is 4.70. The first-order chi connectivity index (χ1) is 18.7. The molecule has 1 aliphatic rings. The summed E-state index contributed by atoms with van der Waals surface area (Å²) in [6, 6.07) is 31.4. The molecule has 0 amide bonds. The maximum Gasteiger partial charge on any atom is 0.123 e. The summed E-state index contributed by atoms with van der Waals surface area (Å²) in [5.74, 6) is 0. The number of hydrogen-bond donors (Lipinski definition) is 2. The summed E-state index contributed by atoms with van der Waals surface area (Å²) in [5, 5.41) is 36.5. The molecule has 8 heteroatoms. The van der Waals surface area contributed by atoms with Crippen molar-refractivity contribution in [3.63, 3.8) is 0 Å². The molecule has 0 bridgehead atoms. The number of benzene rings is 5. The molecule has 3 radical (unpaired) electrons. The molecule has 0 aromatic heterocycles. The van der Waals surface area contributed by atoms with E-state index in [0.29, 0.717) is 5.71 Å². The molecular formula is C32H28BN6O. The molecule has 6 rings (SSSR count). The van der Waals surface area contributed by atoms with E-state index < -0.39 is 6.10 Å². The van der Waals surface area contributed by atoms with Crippen LogP contribution in [0.4, 0.5) is 22.7 Å². The molecule has 40 heavy (non-hydrogen) atoms. The molecule has 0 fully saturated rings. The van der Waals surface area contributed by atoms with Crippen LogP contribution in [-0.4, -0.2) is 26.3 Å². The number of nitrogens with zero attached hydrogens (tertiary/aromatic N) is 5. The quantitative estimate of drug-likeness (QED) is 0.137. The van der Waals surface area contributed by atoms with Crippen LogP contribution in [0.5, 0.6) is 0 Å². The Hall–Kier alpha value is -4.95. The van der Waals surface area contributed by atoms with Gasteiger partial charge in [-0.15, -0.1) is 10.2 Å². The van der Waals surface area contributed by atoms with Gasteiger partial charge in [0.1, 0.15) is 6.10 Å². The lowest BCUT2D eigenvalue weighted by atomic mass is 9.94. The zero-order chi connectivity index (χ0) is 25.9. The molecule has 0 saturated carbocycles. The summed E-state index contributed by atoms with van der Waals surface area (Å²) in [6.07, 6.45) is 3.01. The van der Waals surface area contributed by atoms with Crippen LogP contribution in [0.3, 0.4) is 0 Å². The van der Waals surface area contributed by atoms with Gasteiger partial charge in [0.25, 0.3) is 0 Å². The van der Waals surface area contributed by atoms with Crippen molar-refractivity contribution in [2.45, 2.75) is 13.5 Å². The molecule has 5 aromatic carbocycles. The van der Waals surface area contributed by atoms with Gasteiger partial charge in [-0.1, -0.05) is 86.3 Å². The predicted molar refractivity (Wildman–Crippen MR) is 166 cm³/mol. The maximum absolute atomic E-state index is 10.8.